The van der Waals surface area contributed by atoms with Crippen LogP contribution in [0.3, 0.4) is 0 Å². The summed E-state index contributed by atoms with van der Waals surface area (Å²) in [5.74, 6) is 0. The number of benzene rings is 7. The van der Waals surface area contributed by atoms with Gasteiger partial charge in [0, 0.05) is 62.9 Å². The molecule has 4 aromatic heterocycles. The van der Waals surface area contributed by atoms with Gasteiger partial charge in [-0.25, -0.2) is 4.98 Å². The van der Waals surface area contributed by atoms with Crippen molar-refractivity contribution in [2.24, 2.45) is 0 Å². The molecule has 0 aliphatic heterocycles. The van der Waals surface area contributed by atoms with Gasteiger partial charge in [0.2, 0.25) is 5.71 Å². The SMILES string of the molecule is c1cc(-c2ccc3oc4ncc(-c5cccc(-c6cccc7c6sc6ccccc67)c5)cc4c3c2)cc(-c2cccc3c2sc2ccccc23)c1. The van der Waals surface area contributed by atoms with Gasteiger partial charge in [-0.05, 0) is 81.4 Å². The highest BCUT2D eigenvalue weighted by Crippen LogP contribution is 2.43. The molecule has 7 aromatic carbocycles. The molecule has 0 saturated heterocycles. The Hall–Kier alpha value is -6.07. The Morgan fingerprint density at radius 2 is 0.882 bits per heavy atom. The molecule has 0 unspecified atom stereocenters. The van der Waals surface area contributed by atoms with Crippen LogP contribution in [0.1, 0.15) is 0 Å². The van der Waals surface area contributed by atoms with Crippen molar-refractivity contribution in [2.45, 2.75) is 0 Å². The fourth-order valence-corrected chi connectivity index (χ4v) is 10.2. The summed E-state index contributed by atoms with van der Waals surface area (Å²) < 4.78 is 11.6. The van der Waals surface area contributed by atoms with Crippen LogP contribution in [0.4, 0.5) is 0 Å². The van der Waals surface area contributed by atoms with Gasteiger partial charge < -0.3 is 4.42 Å². The summed E-state index contributed by atoms with van der Waals surface area (Å²) >= 11 is 3.74. The van der Waals surface area contributed by atoms with Gasteiger partial charge in [0.15, 0.2) is 0 Å². The zero-order chi connectivity index (χ0) is 33.5. The van der Waals surface area contributed by atoms with Crippen molar-refractivity contribution in [3.8, 4) is 44.5 Å². The minimum Gasteiger partial charge on any atom is -0.438 e. The van der Waals surface area contributed by atoms with E-state index in [2.05, 4.69) is 158 Å². The normalized spacial score (nSPS) is 11.9. The Balaban J connectivity index is 0.994. The molecule has 0 fully saturated rings. The first-order valence-electron chi connectivity index (χ1n) is 17.1. The number of aromatic nitrogens is 1. The van der Waals surface area contributed by atoms with Crippen LogP contribution in [0.5, 0.6) is 0 Å². The third kappa shape index (κ3) is 4.58. The van der Waals surface area contributed by atoms with E-state index in [9.17, 15) is 0 Å². The Kier molecular flexibility index (Phi) is 6.32. The monoisotopic (exact) mass is 685 g/mol. The van der Waals surface area contributed by atoms with E-state index in [0.29, 0.717) is 5.71 Å². The summed E-state index contributed by atoms with van der Waals surface area (Å²) in [7, 11) is 0. The Labute approximate surface area is 301 Å². The Morgan fingerprint density at radius 3 is 1.53 bits per heavy atom. The van der Waals surface area contributed by atoms with Crippen LogP contribution in [-0.2, 0) is 0 Å². The molecule has 0 N–H and O–H groups in total. The lowest BCUT2D eigenvalue weighted by Crippen LogP contribution is -1.84. The standard InChI is InChI=1S/C47H27NOS2/c1-3-19-43-36(13-1)38-17-7-15-34(45(38)50-43)31-11-5-9-28(23-31)30-21-22-42-40(25-30)41-26-33(27-48-47(41)49-42)29-10-6-12-32(24-29)35-16-8-18-39-37-14-2-4-20-44(37)51-46(35)39/h1-27H. The van der Waals surface area contributed by atoms with E-state index in [1.165, 1.54) is 68.2 Å². The van der Waals surface area contributed by atoms with Crippen LogP contribution in [0.2, 0.25) is 0 Å². The van der Waals surface area contributed by atoms with Gasteiger partial charge in [0.25, 0.3) is 0 Å². The lowest BCUT2D eigenvalue weighted by atomic mass is 9.96. The maximum absolute atomic E-state index is 6.27. The number of hydrogen-bond donors (Lipinski definition) is 0. The van der Waals surface area contributed by atoms with Gasteiger partial charge in [-0.15, -0.1) is 22.7 Å². The number of fused-ring (bicyclic) bond motifs is 9. The van der Waals surface area contributed by atoms with Crippen LogP contribution in [0.25, 0.3) is 107 Å². The summed E-state index contributed by atoms with van der Waals surface area (Å²) in [6.45, 7) is 0. The van der Waals surface area contributed by atoms with Crippen LogP contribution >= 0.6 is 22.7 Å². The van der Waals surface area contributed by atoms with Gasteiger partial charge in [0.05, 0.1) is 0 Å². The van der Waals surface area contributed by atoms with E-state index in [-0.39, 0.29) is 0 Å². The lowest BCUT2D eigenvalue weighted by molar-refractivity contribution is 0.654. The van der Waals surface area contributed by atoms with E-state index in [1.54, 1.807) is 0 Å². The quantitative estimate of drug-likeness (QED) is 0.184. The third-order valence-electron chi connectivity index (χ3n) is 10.1. The summed E-state index contributed by atoms with van der Waals surface area (Å²) in [5, 5.41) is 7.35. The number of thiophene rings is 2. The van der Waals surface area contributed by atoms with Crippen molar-refractivity contribution in [1.82, 2.24) is 4.98 Å². The van der Waals surface area contributed by atoms with Crippen molar-refractivity contribution in [3.63, 3.8) is 0 Å². The second kappa shape index (κ2) is 11.2. The molecular weight excluding hydrogens is 659 g/mol. The molecule has 51 heavy (non-hydrogen) atoms. The molecule has 0 amide bonds. The van der Waals surface area contributed by atoms with Crippen LogP contribution in [-0.4, -0.2) is 4.98 Å². The number of rotatable bonds is 4. The minimum absolute atomic E-state index is 0.655. The second-order valence-corrected chi connectivity index (χ2v) is 15.2. The molecule has 11 aromatic rings. The molecule has 0 radical (unpaired) electrons. The highest BCUT2D eigenvalue weighted by molar-refractivity contribution is 7.26. The molecule has 2 nitrogen and oxygen atoms in total. The highest BCUT2D eigenvalue weighted by Gasteiger charge is 2.15. The largest absolute Gasteiger partial charge is 0.438 e. The molecule has 238 valence electrons. The lowest BCUT2D eigenvalue weighted by Gasteiger charge is -2.08. The first-order chi connectivity index (χ1) is 25.2. The van der Waals surface area contributed by atoms with E-state index >= 15 is 0 Å². The maximum atomic E-state index is 6.27. The average Bonchev–Trinajstić information content (AvgIpc) is 3.89. The van der Waals surface area contributed by atoms with Crippen LogP contribution < -0.4 is 0 Å². The molecule has 0 atom stereocenters. The van der Waals surface area contributed by atoms with Crippen molar-refractivity contribution >= 4 is 85.1 Å². The zero-order valence-electron chi connectivity index (χ0n) is 27.3. The topological polar surface area (TPSA) is 26.0 Å². The van der Waals surface area contributed by atoms with Gasteiger partial charge in [-0.3, -0.25) is 0 Å². The van der Waals surface area contributed by atoms with Crippen molar-refractivity contribution in [2.75, 3.05) is 0 Å². The summed E-state index contributed by atoms with van der Waals surface area (Å²) in [4.78, 5) is 4.82. The van der Waals surface area contributed by atoms with Crippen molar-refractivity contribution < 1.29 is 4.42 Å². The van der Waals surface area contributed by atoms with Gasteiger partial charge in [-0.1, -0.05) is 115 Å². The first kappa shape index (κ1) is 28.7. The van der Waals surface area contributed by atoms with Gasteiger partial charge in [0.1, 0.15) is 5.58 Å². The van der Waals surface area contributed by atoms with Crippen molar-refractivity contribution in [3.05, 3.63) is 164 Å². The average molecular weight is 686 g/mol. The summed E-state index contributed by atoms with van der Waals surface area (Å²) in [6, 6.07) is 57.1. The smallest absolute Gasteiger partial charge is 0.227 e. The molecule has 0 bridgehead atoms. The van der Waals surface area contributed by atoms with E-state index in [1.807, 2.05) is 28.9 Å². The summed E-state index contributed by atoms with van der Waals surface area (Å²) in [6.07, 6.45) is 1.93. The third-order valence-corrected chi connectivity index (χ3v) is 12.6. The molecule has 0 aliphatic rings. The Bertz CT molecular complexity index is 2950. The zero-order valence-corrected chi connectivity index (χ0v) is 28.9. The molecule has 0 aliphatic carbocycles. The van der Waals surface area contributed by atoms with Crippen LogP contribution in [0.15, 0.2) is 168 Å². The van der Waals surface area contributed by atoms with E-state index in [0.717, 1.165) is 33.0 Å². The number of furan rings is 1. The van der Waals surface area contributed by atoms with E-state index < -0.39 is 0 Å². The molecule has 11 rings (SSSR count). The molecule has 0 spiro atoms. The molecular formula is C47H27NOS2. The van der Waals surface area contributed by atoms with Crippen molar-refractivity contribution in [1.29, 1.82) is 0 Å². The molecule has 0 saturated carbocycles. The first-order valence-corrected chi connectivity index (χ1v) is 18.7. The Morgan fingerprint density at radius 1 is 0.373 bits per heavy atom. The summed E-state index contributed by atoms with van der Waals surface area (Å²) in [5.41, 5.74) is 11.0. The number of nitrogens with zero attached hydrogens (tertiary/aromatic N) is 1. The van der Waals surface area contributed by atoms with Crippen LogP contribution in [0, 0.1) is 0 Å². The predicted octanol–water partition coefficient (Wildman–Crippen LogP) is 14.4. The van der Waals surface area contributed by atoms with E-state index in [4.69, 9.17) is 9.40 Å². The number of hydrogen-bond acceptors (Lipinski definition) is 4. The predicted molar refractivity (Wildman–Crippen MR) is 219 cm³/mol. The highest BCUT2D eigenvalue weighted by atomic mass is 32.1. The second-order valence-electron chi connectivity index (χ2n) is 13.1. The molecule has 4 heterocycles. The minimum atomic E-state index is 0.655. The fourth-order valence-electron chi connectivity index (χ4n) is 7.68. The van der Waals surface area contributed by atoms with Gasteiger partial charge in [-0.2, -0.15) is 0 Å². The van der Waals surface area contributed by atoms with Gasteiger partial charge >= 0.3 is 0 Å². The molecule has 4 heteroatoms. The maximum Gasteiger partial charge on any atom is 0.227 e. The number of pyridine rings is 1. The fraction of sp³-hybridized carbons (Fsp3) is 0.